The van der Waals surface area contributed by atoms with Gasteiger partial charge in [0.2, 0.25) is 0 Å². The number of benzene rings is 1. The molecule has 10 nitrogen and oxygen atoms in total. The summed E-state index contributed by atoms with van der Waals surface area (Å²) in [4.78, 5) is 38.3. The van der Waals surface area contributed by atoms with Crippen LogP contribution in [0.5, 0.6) is 0 Å². The second kappa shape index (κ2) is 14.5. The van der Waals surface area contributed by atoms with Gasteiger partial charge in [-0.1, -0.05) is 32.0 Å². The van der Waals surface area contributed by atoms with Crippen LogP contribution in [-0.4, -0.2) is 102 Å². The first-order chi connectivity index (χ1) is 16.4. The molecule has 1 unspecified atom stereocenters. The van der Waals surface area contributed by atoms with Gasteiger partial charge in [-0.2, -0.15) is 0 Å². The van der Waals surface area contributed by atoms with Crippen LogP contribution in [-0.2, 0) is 19.4 Å². The fraction of sp³-hybridized carbons (Fsp3) is 0.542. The third-order valence-corrected chi connectivity index (χ3v) is 7.91. The zero-order valence-electron chi connectivity index (χ0n) is 20.8. The number of sulfone groups is 1. The SMILES string of the molecule is CCN(CC)CCN(C(=O)N1CCC(S(=O)(=O)c2ccccc2)C1)C(C)C.O=C(O)/C=C\C(=O)O. The summed E-state index contributed by atoms with van der Waals surface area (Å²) >= 11 is 0. The number of aliphatic carboxylic acids is 2. The van der Waals surface area contributed by atoms with Gasteiger partial charge in [-0.3, -0.25) is 0 Å². The second-order valence-corrected chi connectivity index (χ2v) is 10.5. The number of hydrogen-bond acceptors (Lipinski definition) is 6. The first-order valence-electron chi connectivity index (χ1n) is 11.6. The van der Waals surface area contributed by atoms with E-state index in [2.05, 4.69) is 18.7 Å². The van der Waals surface area contributed by atoms with Gasteiger partial charge in [0.25, 0.3) is 0 Å². The maximum Gasteiger partial charge on any atom is 0.328 e. The van der Waals surface area contributed by atoms with E-state index in [9.17, 15) is 22.8 Å². The van der Waals surface area contributed by atoms with Gasteiger partial charge in [0, 0.05) is 44.4 Å². The zero-order chi connectivity index (χ0) is 26.6. The molecule has 1 heterocycles. The van der Waals surface area contributed by atoms with Crippen LogP contribution in [0.4, 0.5) is 4.79 Å². The predicted octanol–water partition coefficient (Wildman–Crippen LogP) is 2.42. The molecule has 0 bridgehead atoms. The molecule has 2 rings (SSSR count). The van der Waals surface area contributed by atoms with Gasteiger partial charge < -0.3 is 24.9 Å². The average molecular weight is 512 g/mol. The highest BCUT2D eigenvalue weighted by Crippen LogP contribution is 2.25. The van der Waals surface area contributed by atoms with E-state index in [1.165, 1.54) is 0 Å². The Bertz CT molecular complexity index is 945. The van der Waals surface area contributed by atoms with Crippen LogP contribution in [0.2, 0.25) is 0 Å². The van der Waals surface area contributed by atoms with Crippen molar-refractivity contribution in [3.63, 3.8) is 0 Å². The summed E-state index contributed by atoms with van der Waals surface area (Å²) in [6.45, 7) is 12.4. The highest BCUT2D eigenvalue weighted by molar-refractivity contribution is 7.92. The van der Waals surface area contributed by atoms with E-state index in [0.717, 1.165) is 19.6 Å². The lowest BCUT2D eigenvalue weighted by atomic mass is 10.3. The van der Waals surface area contributed by atoms with Crippen molar-refractivity contribution in [3.05, 3.63) is 42.5 Å². The molecule has 196 valence electrons. The largest absolute Gasteiger partial charge is 0.478 e. The lowest BCUT2D eigenvalue weighted by Gasteiger charge is -2.33. The van der Waals surface area contributed by atoms with Crippen LogP contribution in [0, 0.1) is 0 Å². The summed E-state index contributed by atoms with van der Waals surface area (Å²) in [5.74, 6) is -2.51. The molecule has 1 atom stereocenters. The van der Waals surface area contributed by atoms with E-state index in [0.29, 0.717) is 36.6 Å². The molecule has 2 N–H and O–H groups in total. The van der Waals surface area contributed by atoms with Crippen LogP contribution < -0.4 is 0 Å². The number of carboxylic acid groups (broad SMARTS) is 2. The summed E-state index contributed by atoms with van der Waals surface area (Å²) < 4.78 is 25.7. The summed E-state index contributed by atoms with van der Waals surface area (Å²) in [5, 5.41) is 15.1. The lowest BCUT2D eigenvalue weighted by molar-refractivity contribution is -0.134. The molecule has 1 aliphatic rings. The van der Waals surface area contributed by atoms with Crippen molar-refractivity contribution in [1.82, 2.24) is 14.7 Å². The third-order valence-electron chi connectivity index (χ3n) is 5.72. The number of carboxylic acids is 2. The Morgan fingerprint density at radius 1 is 1.03 bits per heavy atom. The molecule has 1 saturated heterocycles. The Labute approximate surface area is 207 Å². The number of likely N-dealkylation sites (N-methyl/N-ethyl adjacent to an activating group) is 1. The highest BCUT2D eigenvalue weighted by Gasteiger charge is 2.37. The fourth-order valence-corrected chi connectivity index (χ4v) is 5.36. The topological polar surface area (TPSA) is 136 Å². The van der Waals surface area contributed by atoms with E-state index >= 15 is 0 Å². The van der Waals surface area contributed by atoms with Gasteiger partial charge in [-0.15, -0.1) is 0 Å². The first-order valence-corrected chi connectivity index (χ1v) is 13.2. The normalized spacial score (nSPS) is 15.8. The zero-order valence-corrected chi connectivity index (χ0v) is 21.6. The number of carbonyl (C=O) groups is 3. The number of carbonyl (C=O) groups excluding carboxylic acids is 1. The quantitative estimate of drug-likeness (QED) is 0.457. The minimum absolute atomic E-state index is 0.0529. The van der Waals surface area contributed by atoms with Crippen molar-refractivity contribution in [2.24, 2.45) is 0 Å². The van der Waals surface area contributed by atoms with Gasteiger partial charge in [0.05, 0.1) is 10.1 Å². The molecule has 0 aliphatic carbocycles. The molecule has 1 aromatic carbocycles. The van der Waals surface area contributed by atoms with Gasteiger partial charge in [0.15, 0.2) is 9.84 Å². The third kappa shape index (κ3) is 9.69. The van der Waals surface area contributed by atoms with E-state index < -0.39 is 27.0 Å². The van der Waals surface area contributed by atoms with Crippen molar-refractivity contribution >= 4 is 27.8 Å². The van der Waals surface area contributed by atoms with Crippen LogP contribution in [0.3, 0.4) is 0 Å². The molecule has 0 spiro atoms. The second-order valence-electron chi connectivity index (χ2n) is 8.32. The van der Waals surface area contributed by atoms with Crippen LogP contribution in [0.15, 0.2) is 47.4 Å². The molecule has 0 radical (unpaired) electrons. The number of rotatable bonds is 10. The smallest absolute Gasteiger partial charge is 0.328 e. The Morgan fingerprint density at radius 3 is 2.03 bits per heavy atom. The predicted molar refractivity (Wildman–Crippen MR) is 133 cm³/mol. The standard InChI is InChI=1S/C20H33N3O3S.C4H4O4/c1-5-21(6-2)14-15-23(17(3)4)20(24)22-13-12-19(16-22)27(25,26)18-10-8-7-9-11-18;5-3(6)1-2-4(7)8/h7-11,17,19H,5-6,12-16H2,1-4H3;1-2H,(H,5,6)(H,7,8)/b;2-1-. The number of amides is 2. The molecule has 11 heteroatoms. The molecule has 1 aromatic rings. The van der Waals surface area contributed by atoms with Crippen molar-refractivity contribution < 1.29 is 33.0 Å². The Hall–Kier alpha value is -2.92. The number of likely N-dealkylation sites (tertiary alicyclic amines) is 1. The molecule has 1 aliphatic heterocycles. The monoisotopic (exact) mass is 511 g/mol. The summed E-state index contributed by atoms with van der Waals surface area (Å²) in [6.07, 6.45) is 1.61. The van der Waals surface area contributed by atoms with Crippen LogP contribution in [0.1, 0.15) is 34.1 Å². The average Bonchev–Trinajstić information content (AvgIpc) is 3.32. The van der Waals surface area contributed by atoms with Crippen molar-refractivity contribution in [3.8, 4) is 0 Å². The summed E-state index contributed by atoms with van der Waals surface area (Å²) in [5.41, 5.74) is 0. The van der Waals surface area contributed by atoms with E-state index in [1.807, 2.05) is 18.7 Å². The van der Waals surface area contributed by atoms with Gasteiger partial charge in [0.1, 0.15) is 0 Å². The van der Waals surface area contributed by atoms with E-state index in [-0.39, 0.29) is 18.6 Å². The van der Waals surface area contributed by atoms with Gasteiger partial charge in [-0.25, -0.2) is 22.8 Å². The van der Waals surface area contributed by atoms with E-state index in [1.54, 1.807) is 35.2 Å². The molecular formula is C24H37N3O7S. The Morgan fingerprint density at radius 2 is 1.57 bits per heavy atom. The molecule has 2 amide bonds. The number of nitrogens with zero attached hydrogens (tertiary/aromatic N) is 3. The Balaban J connectivity index is 0.000000658. The van der Waals surface area contributed by atoms with Crippen LogP contribution >= 0.6 is 0 Å². The lowest BCUT2D eigenvalue weighted by Crippen LogP contribution is -2.48. The molecule has 1 fully saturated rings. The number of urea groups is 1. The first kappa shape index (κ1) is 30.1. The fourth-order valence-electron chi connectivity index (χ4n) is 3.65. The maximum atomic E-state index is 13.0. The molecule has 0 aromatic heterocycles. The van der Waals surface area contributed by atoms with Crippen molar-refractivity contribution in [1.29, 1.82) is 0 Å². The maximum absolute atomic E-state index is 13.0. The summed E-state index contributed by atoms with van der Waals surface area (Å²) in [7, 11) is -3.41. The van der Waals surface area contributed by atoms with Gasteiger partial charge in [-0.05, 0) is 45.5 Å². The molecule has 0 saturated carbocycles. The number of hydrogen-bond donors (Lipinski definition) is 2. The van der Waals surface area contributed by atoms with Crippen LogP contribution in [0.25, 0.3) is 0 Å². The minimum Gasteiger partial charge on any atom is -0.478 e. The summed E-state index contributed by atoms with van der Waals surface area (Å²) in [6, 6.07) is 8.56. The highest BCUT2D eigenvalue weighted by atomic mass is 32.2. The molecular weight excluding hydrogens is 474 g/mol. The van der Waals surface area contributed by atoms with Gasteiger partial charge >= 0.3 is 18.0 Å². The Kier molecular flexibility index (Phi) is 12.5. The molecule has 35 heavy (non-hydrogen) atoms. The van der Waals surface area contributed by atoms with E-state index in [4.69, 9.17) is 10.2 Å². The minimum atomic E-state index is -3.41. The van der Waals surface area contributed by atoms with Crippen molar-refractivity contribution in [2.75, 3.05) is 39.3 Å². The van der Waals surface area contributed by atoms with Crippen molar-refractivity contribution in [2.45, 2.75) is 50.3 Å².